The van der Waals surface area contributed by atoms with Crippen LogP contribution in [-0.4, -0.2) is 40.0 Å². The summed E-state index contributed by atoms with van der Waals surface area (Å²) in [5, 5.41) is 0. The lowest BCUT2D eigenvalue weighted by Gasteiger charge is -2.18. The largest absolute Gasteiger partial charge is 0.496 e. The molecule has 0 heterocycles. The Kier molecular flexibility index (Phi) is 6.17. The van der Waals surface area contributed by atoms with Gasteiger partial charge >= 0.3 is 5.97 Å². The fraction of sp³-hybridized carbons (Fsp3) is 0.278. The Morgan fingerprint density at radius 3 is 2.28 bits per heavy atom. The predicted octanol–water partition coefficient (Wildman–Crippen LogP) is 2.44. The van der Waals surface area contributed by atoms with Crippen LogP contribution in [0.2, 0.25) is 0 Å². The molecule has 2 aromatic carbocycles. The minimum Gasteiger partial charge on any atom is -0.496 e. The topological polar surface area (TPSA) is 72.9 Å². The van der Waals surface area contributed by atoms with Crippen molar-refractivity contribution in [2.45, 2.75) is 12.3 Å². The maximum atomic E-state index is 12.6. The molecule has 6 nitrogen and oxygen atoms in total. The molecule has 0 saturated carbocycles. The normalized spacial score (nSPS) is 11.4. The molecule has 0 N–H and O–H groups in total. The third-order valence-corrected chi connectivity index (χ3v) is 5.56. The van der Waals surface area contributed by atoms with E-state index in [0.717, 1.165) is 5.56 Å². The standard InChI is InChI=1S/C18H21NO5S/c1-19(12-16-6-4-5-7-17(16)23-2)25(21,22)13-14-8-10-15(11-9-14)18(20)24-3/h4-11H,12-13H2,1-3H3. The Bertz CT molecular complexity index is 831. The van der Waals surface area contributed by atoms with Crippen LogP contribution in [0, 0.1) is 0 Å². The summed E-state index contributed by atoms with van der Waals surface area (Å²) in [5.41, 5.74) is 1.77. The van der Waals surface area contributed by atoms with Gasteiger partial charge in [0.1, 0.15) is 5.75 Å². The van der Waals surface area contributed by atoms with E-state index in [1.807, 2.05) is 18.2 Å². The van der Waals surface area contributed by atoms with Gasteiger partial charge in [-0.25, -0.2) is 17.5 Å². The first-order valence-electron chi connectivity index (χ1n) is 7.60. The zero-order chi connectivity index (χ0) is 18.4. The van der Waals surface area contributed by atoms with E-state index >= 15 is 0 Å². The molecular formula is C18H21NO5S. The van der Waals surface area contributed by atoms with E-state index in [1.54, 1.807) is 37.4 Å². The quantitative estimate of drug-likeness (QED) is 0.707. The maximum Gasteiger partial charge on any atom is 0.337 e. The molecule has 0 saturated heterocycles. The molecule has 0 radical (unpaired) electrons. The predicted molar refractivity (Wildman–Crippen MR) is 94.9 cm³/mol. The Hall–Kier alpha value is -2.38. The second kappa shape index (κ2) is 8.13. The highest BCUT2D eigenvalue weighted by Gasteiger charge is 2.20. The van der Waals surface area contributed by atoms with Gasteiger partial charge in [-0.15, -0.1) is 0 Å². The molecule has 0 unspecified atom stereocenters. The summed E-state index contributed by atoms with van der Waals surface area (Å²) in [5.74, 6) is 0.0368. The third-order valence-electron chi connectivity index (χ3n) is 3.78. The van der Waals surface area contributed by atoms with Crippen molar-refractivity contribution in [1.29, 1.82) is 0 Å². The summed E-state index contributed by atoms with van der Waals surface area (Å²) in [6.07, 6.45) is 0. The highest BCUT2D eigenvalue weighted by atomic mass is 32.2. The van der Waals surface area contributed by atoms with E-state index in [0.29, 0.717) is 16.9 Å². The number of hydrogen-bond acceptors (Lipinski definition) is 5. The van der Waals surface area contributed by atoms with Crippen LogP contribution < -0.4 is 4.74 Å². The molecule has 134 valence electrons. The van der Waals surface area contributed by atoms with Crippen LogP contribution >= 0.6 is 0 Å². The minimum atomic E-state index is -3.51. The Balaban J connectivity index is 2.11. The summed E-state index contributed by atoms with van der Waals surface area (Å²) < 4.78 is 36.3. The van der Waals surface area contributed by atoms with E-state index in [2.05, 4.69) is 4.74 Å². The Labute approximate surface area is 148 Å². The van der Waals surface area contributed by atoms with Crippen LogP contribution in [0.4, 0.5) is 0 Å². The first-order chi connectivity index (χ1) is 11.9. The summed E-state index contributed by atoms with van der Waals surface area (Å²) in [6, 6.07) is 13.6. The van der Waals surface area contributed by atoms with Crippen molar-refractivity contribution in [3.8, 4) is 5.75 Å². The first kappa shape index (κ1) is 19.0. The number of methoxy groups -OCH3 is 2. The van der Waals surface area contributed by atoms with E-state index in [-0.39, 0.29) is 12.3 Å². The number of ether oxygens (including phenoxy) is 2. The van der Waals surface area contributed by atoms with Gasteiger partial charge in [-0.1, -0.05) is 30.3 Å². The smallest absolute Gasteiger partial charge is 0.337 e. The molecular weight excluding hydrogens is 342 g/mol. The van der Waals surface area contributed by atoms with Crippen molar-refractivity contribution in [3.63, 3.8) is 0 Å². The summed E-state index contributed by atoms with van der Waals surface area (Å²) >= 11 is 0. The number of para-hydroxylation sites is 1. The van der Waals surface area contributed by atoms with Gasteiger partial charge in [-0.3, -0.25) is 0 Å². The van der Waals surface area contributed by atoms with E-state index < -0.39 is 16.0 Å². The second-order valence-electron chi connectivity index (χ2n) is 5.51. The van der Waals surface area contributed by atoms with Gasteiger partial charge in [0.25, 0.3) is 0 Å². The highest BCUT2D eigenvalue weighted by molar-refractivity contribution is 7.88. The van der Waals surface area contributed by atoms with Crippen LogP contribution in [-0.2, 0) is 27.1 Å². The zero-order valence-electron chi connectivity index (χ0n) is 14.4. The van der Waals surface area contributed by atoms with Gasteiger partial charge in [-0.05, 0) is 23.8 Å². The number of benzene rings is 2. The zero-order valence-corrected chi connectivity index (χ0v) is 15.2. The molecule has 0 aliphatic heterocycles. The first-order valence-corrected chi connectivity index (χ1v) is 9.21. The summed E-state index contributed by atoms with van der Waals surface area (Å²) in [4.78, 5) is 11.4. The minimum absolute atomic E-state index is 0.153. The lowest BCUT2D eigenvalue weighted by Crippen LogP contribution is -2.28. The molecule has 2 aromatic rings. The second-order valence-corrected chi connectivity index (χ2v) is 7.59. The van der Waals surface area contributed by atoms with Crippen molar-refractivity contribution in [2.75, 3.05) is 21.3 Å². The molecule has 0 aliphatic rings. The van der Waals surface area contributed by atoms with Crippen molar-refractivity contribution in [3.05, 3.63) is 65.2 Å². The Morgan fingerprint density at radius 2 is 1.68 bits per heavy atom. The number of nitrogens with zero attached hydrogens (tertiary/aromatic N) is 1. The van der Waals surface area contributed by atoms with Crippen LogP contribution in [0.15, 0.2) is 48.5 Å². The number of rotatable bonds is 7. The van der Waals surface area contributed by atoms with Gasteiger partial charge in [0.2, 0.25) is 10.0 Å². The van der Waals surface area contributed by atoms with Crippen LogP contribution in [0.5, 0.6) is 5.75 Å². The lowest BCUT2D eigenvalue weighted by molar-refractivity contribution is 0.0600. The lowest BCUT2D eigenvalue weighted by atomic mass is 10.1. The maximum absolute atomic E-state index is 12.6. The van der Waals surface area contributed by atoms with Crippen molar-refractivity contribution >= 4 is 16.0 Å². The number of sulfonamides is 1. The van der Waals surface area contributed by atoms with Gasteiger partial charge in [0.05, 0.1) is 25.5 Å². The number of carbonyl (C=O) groups excluding carboxylic acids is 1. The average molecular weight is 363 g/mol. The third kappa shape index (κ3) is 4.80. The monoisotopic (exact) mass is 363 g/mol. The van der Waals surface area contributed by atoms with Gasteiger partial charge in [-0.2, -0.15) is 0 Å². The van der Waals surface area contributed by atoms with Crippen LogP contribution in [0.1, 0.15) is 21.5 Å². The molecule has 0 atom stereocenters. The number of hydrogen-bond donors (Lipinski definition) is 0. The van der Waals surface area contributed by atoms with E-state index in [1.165, 1.54) is 18.5 Å². The van der Waals surface area contributed by atoms with Crippen LogP contribution in [0.25, 0.3) is 0 Å². The Morgan fingerprint density at radius 1 is 1.04 bits per heavy atom. The number of carbonyl (C=O) groups is 1. The summed E-state index contributed by atoms with van der Waals surface area (Å²) in [7, 11) is 0.870. The van der Waals surface area contributed by atoms with Crippen molar-refractivity contribution < 1.29 is 22.7 Å². The molecule has 2 rings (SSSR count). The molecule has 0 bridgehead atoms. The SMILES string of the molecule is COC(=O)c1ccc(CS(=O)(=O)N(C)Cc2ccccc2OC)cc1. The average Bonchev–Trinajstić information content (AvgIpc) is 2.61. The summed E-state index contributed by atoms with van der Waals surface area (Å²) in [6.45, 7) is 0.215. The molecule has 0 amide bonds. The molecule has 0 aliphatic carbocycles. The van der Waals surface area contributed by atoms with Crippen LogP contribution in [0.3, 0.4) is 0 Å². The van der Waals surface area contributed by atoms with Gasteiger partial charge in [0.15, 0.2) is 0 Å². The molecule has 0 spiro atoms. The van der Waals surface area contributed by atoms with Crippen molar-refractivity contribution in [1.82, 2.24) is 4.31 Å². The molecule has 7 heteroatoms. The van der Waals surface area contributed by atoms with Gasteiger partial charge < -0.3 is 9.47 Å². The molecule has 0 aromatic heterocycles. The van der Waals surface area contributed by atoms with Gasteiger partial charge in [0, 0.05) is 19.2 Å². The fourth-order valence-corrected chi connectivity index (χ4v) is 3.52. The highest BCUT2D eigenvalue weighted by Crippen LogP contribution is 2.21. The fourth-order valence-electron chi connectivity index (χ4n) is 2.35. The van der Waals surface area contributed by atoms with E-state index in [9.17, 15) is 13.2 Å². The molecule has 25 heavy (non-hydrogen) atoms. The van der Waals surface area contributed by atoms with E-state index in [4.69, 9.17) is 4.74 Å². The van der Waals surface area contributed by atoms with Crippen molar-refractivity contribution in [2.24, 2.45) is 0 Å². The number of esters is 1. The molecule has 0 fully saturated rings.